The molecule has 180 valence electrons. The van der Waals surface area contributed by atoms with Gasteiger partial charge in [0.2, 0.25) is 0 Å². The van der Waals surface area contributed by atoms with E-state index < -0.39 is 17.4 Å². The molecule has 0 unspecified atom stereocenters. The Balaban J connectivity index is 1.87. The molecule has 0 bridgehead atoms. The number of aromatic nitrogens is 2. The average Bonchev–Trinajstić information content (AvgIpc) is 3.29. The zero-order chi connectivity index (χ0) is 24.9. The van der Waals surface area contributed by atoms with Crippen LogP contribution in [0.25, 0.3) is 16.5 Å². The Morgan fingerprint density at radius 3 is 2.63 bits per heavy atom. The van der Waals surface area contributed by atoms with Crippen LogP contribution in [-0.4, -0.2) is 42.0 Å². The van der Waals surface area contributed by atoms with E-state index in [1.54, 1.807) is 60.8 Å². The van der Waals surface area contributed by atoms with E-state index in [0.29, 0.717) is 34.7 Å². The summed E-state index contributed by atoms with van der Waals surface area (Å²) < 4.78 is 17.1. The number of hydrogen-bond donors (Lipinski definition) is 1. The Bertz CT molecular complexity index is 1460. The summed E-state index contributed by atoms with van der Waals surface area (Å²) in [6, 6.07) is 13.6. The molecule has 0 saturated carbocycles. The molecule has 0 radical (unpaired) electrons. The number of carbonyl (C=O) groups excluding carboxylic acids is 2. The van der Waals surface area contributed by atoms with Crippen molar-refractivity contribution >= 4 is 39.0 Å². The van der Waals surface area contributed by atoms with Crippen molar-refractivity contribution in [2.75, 3.05) is 25.6 Å². The zero-order valence-electron chi connectivity index (χ0n) is 19.4. The second-order valence-corrected chi connectivity index (χ2v) is 8.10. The number of esters is 1. The van der Waals surface area contributed by atoms with Crippen LogP contribution >= 0.6 is 11.3 Å². The van der Waals surface area contributed by atoms with Crippen LogP contribution in [0.1, 0.15) is 34.7 Å². The summed E-state index contributed by atoms with van der Waals surface area (Å²) in [4.78, 5) is 39.4. The maximum atomic E-state index is 13.6. The number of hydrogen-bond acceptors (Lipinski definition) is 8. The van der Waals surface area contributed by atoms with Crippen LogP contribution in [0.2, 0.25) is 0 Å². The molecule has 4 aromatic rings. The topological polar surface area (TPSA) is 109 Å². The van der Waals surface area contributed by atoms with Crippen molar-refractivity contribution in [2.24, 2.45) is 0 Å². The molecule has 2 aromatic carbocycles. The fourth-order valence-electron chi connectivity index (χ4n) is 3.52. The first-order valence-corrected chi connectivity index (χ1v) is 11.8. The number of benzene rings is 2. The number of ether oxygens (including phenoxy) is 3. The number of carbonyl (C=O) groups is 2. The molecule has 0 saturated heterocycles. The Hall–Kier alpha value is -4.18. The van der Waals surface area contributed by atoms with Crippen LogP contribution in [0, 0.1) is 0 Å². The largest absolute Gasteiger partial charge is 0.497 e. The fourth-order valence-corrected chi connectivity index (χ4v) is 4.45. The van der Waals surface area contributed by atoms with Gasteiger partial charge in [0, 0.05) is 16.8 Å². The predicted molar refractivity (Wildman–Crippen MR) is 133 cm³/mol. The fraction of sp³-hybridized carbons (Fsp3) is 0.200. The van der Waals surface area contributed by atoms with Crippen molar-refractivity contribution in [3.05, 3.63) is 75.5 Å². The molecular formula is C25H23N3O6S. The van der Waals surface area contributed by atoms with Gasteiger partial charge in [-0.05, 0) is 38.1 Å². The Morgan fingerprint density at radius 1 is 1.09 bits per heavy atom. The Morgan fingerprint density at radius 2 is 1.89 bits per heavy atom. The van der Waals surface area contributed by atoms with E-state index in [2.05, 4.69) is 10.4 Å². The van der Waals surface area contributed by atoms with E-state index in [-0.39, 0.29) is 22.7 Å². The minimum Gasteiger partial charge on any atom is -0.497 e. The number of rotatable bonds is 8. The van der Waals surface area contributed by atoms with Gasteiger partial charge in [0.15, 0.2) is 5.69 Å². The molecule has 1 amide bonds. The number of nitrogens with one attached hydrogen (secondary N) is 1. The second kappa shape index (κ2) is 10.4. The molecule has 0 aliphatic rings. The van der Waals surface area contributed by atoms with E-state index in [9.17, 15) is 14.4 Å². The summed E-state index contributed by atoms with van der Waals surface area (Å²) in [6.07, 6.45) is 0. The minimum absolute atomic E-state index is 0.0317. The van der Waals surface area contributed by atoms with Gasteiger partial charge in [-0.2, -0.15) is 9.78 Å². The summed E-state index contributed by atoms with van der Waals surface area (Å²) in [5, 5.41) is 9.44. The number of methoxy groups -OCH3 is 1. The zero-order valence-corrected chi connectivity index (χ0v) is 20.2. The Kier molecular flexibility index (Phi) is 7.11. The SMILES string of the molecule is CCOC(=O)c1nn(-c2cccc(OC)c2)c(=O)c2c(NC(=O)c3ccccc3OCC)scc12. The van der Waals surface area contributed by atoms with E-state index in [4.69, 9.17) is 14.2 Å². The van der Waals surface area contributed by atoms with Gasteiger partial charge in [-0.25, -0.2) is 4.79 Å². The first-order chi connectivity index (χ1) is 17.0. The van der Waals surface area contributed by atoms with Gasteiger partial charge in [-0.3, -0.25) is 9.59 Å². The number of para-hydroxylation sites is 1. The standard InChI is InChI=1S/C25H23N3O6S/c1-4-33-19-12-7-6-11-17(19)22(29)26-23-20-18(14-35-23)21(25(31)34-5-2)27-28(24(20)30)15-9-8-10-16(13-15)32-3/h6-14H,4-5H2,1-3H3,(H,26,29). The second-order valence-electron chi connectivity index (χ2n) is 7.22. The van der Waals surface area contributed by atoms with Gasteiger partial charge in [-0.15, -0.1) is 11.3 Å². The molecule has 9 nitrogen and oxygen atoms in total. The highest BCUT2D eigenvalue weighted by atomic mass is 32.1. The molecule has 0 fully saturated rings. The number of fused-ring (bicyclic) bond motifs is 1. The van der Waals surface area contributed by atoms with Crippen molar-refractivity contribution in [2.45, 2.75) is 13.8 Å². The lowest BCUT2D eigenvalue weighted by atomic mass is 10.2. The van der Waals surface area contributed by atoms with E-state index >= 15 is 0 Å². The lowest BCUT2D eigenvalue weighted by Gasteiger charge is -2.11. The summed E-state index contributed by atoms with van der Waals surface area (Å²) in [6.45, 7) is 4.04. The molecule has 10 heteroatoms. The van der Waals surface area contributed by atoms with Gasteiger partial charge < -0.3 is 19.5 Å². The summed E-state index contributed by atoms with van der Waals surface area (Å²) in [5.41, 5.74) is 0.183. The number of nitrogens with zero attached hydrogens (tertiary/aromatic N) is 2. The quantitative estimate of drug-likeness (QED) is 0.365. The van der Waals surface area contributed by atoms with E-state index in [0.717, 1.165) is 16.0 Å². The van der Waals surface area contributed by atoms with Crippen molar-refractivity contribution in [3.63, 3.8) is 0 Å². The molecule has 0 aliphatic heterocycles. The van der Waals surface area contributed by atoms with Gasteiger partial charge in [0.05, 0.1) is 37.0 Å². The molecule has 1 N–H and O–H groups in total. The van der Waals surface area contributed by atoms with Crippen LogP contribution < -0.4 is 20.3 Å². The molecule has 0 spiro atoms. The minimum atomic E-state index is -0.675. The maximum Gasteiger partial charge on any atom is 0.359 e. The smallest absolute Gasteiger partial charge is 0.359 e. The molecule has 2 heterocycles. The maximum absolute atomic E-state index is 13.6. The monoisotopic (exact) mass is 493 g/mol. The van der Waals surface area contributed by atoms with Crippen molar-refractivity contribution in [1.82, 2.24) is 9.78 Å². The number of amides is 1. The van der Waals surface area contributed by atoms with Crippen LogP contribution in [0.4, 0.5) is 5.00 Å². The summed E-state index contributed by atoms with van der Waals surface area (Å²) >= 11 is 1.12. The van der Waals surface area contributed by atoms with Crippen LogP contribution in [0.5, 0.6) is 11.5 Å². The van der Waals surface area contributed by atoms with Gasteiger partial charge in [-0.1, -0.05) is 18.2 Å². The van der Waals surface area contributed by atoms with Gasteiger partial charge in [0.1, 0.15) is 16.5 Å². The highest BCUT2D eigenvalue weighted by molar-refractivity contribution is 7.16. The lowest BCUT2D eigenvalue weighted by molar-refractivity contribution is 0.0520. The van der Waals surface area contributed by atoms with Crippen molar-refractivity contribution in [1.29, 1.82) is 0 Å². The van der Waals surface area contributed by atoms with E-state index in [1.807, 2.05) is 6.92 Å². The third-order valence-corrected chi connectivity index (χ3v) is 5.97. The van der Waals surface area contributed by atoms with E-state index in [1.165, 1.54) is 7.11 Å². The van der Waals surface area contributed by atoms with Crippen LogP contribution in [0.3, 0.4) is 0 Å². The average molecular weight is 494 g/mol. The highest BCUT2D eigenvalue weighted by Crippen LogP contribution is 2.32. The third kappa shape index (κ3) is 4.73. The lowest BCUT2D eigenvalue weighted by Crippen LogP contribution is -2.25. The van der Waals surface area contributed by atoms with Crippen molar-refractivity contribution < 1.29 is 23.8 Å². The highest BCUT2D eigenvalue weighted by Gasteiger charge is 2.24. The molecule has 0 aliphatic carbocycles. The number of thiophene rings is 1. The first-order valence-electron chi connectivity index (χ1n) is 10.9. The number of anilines is 1. The van der Waals surface area contributed by atoms with Crippen LogP contribution in [0.15, 0.2) is 58.7 Å². The summed E-state index contributed by atoms with van der Waals surface area (Å²) in [7, 11) is 1.51. The van der Waals surface area contributed by atoms with Gasteiger partial charge >= 0.3 is 5.97 Å². The third-order valence-electron chi connectivity index (χ3n) is 5.08. The molecular weight excluding hydrogens is 470 g/mol. The van der Waals surface area contributed by atoms with Gasteiger partial charge in [0.25, 0.3) is 11.5 Å². The molecule has 0 atom stereocenters. The normalized spacial score (nSPS) is 10.7. The van der Waals surface area contributed by atoms with Crippen LogP contribution in [-0.2, 0) is 4.74 Å². The predicted octanol–water partition coefficient (Wildman–Crippen LogP) is 4.28. The molecule has 4 rings (SSSR count). The molecule has 2 aromatic heterocycles. The first kappa shape index (κ1) is 24.0. The summed E-state index contributed by atoms with van der Waals surface area (Å²) in [5.74, 6) is -0.178. The van der Waals surface area contributed by atoms with Crippen molar-refractivity contribution in [3.8, 4) is 17.2 Å². The Labute approximate surface area is 204 Å². The molecule has 35 heavy (non-hydrogen) atoms.